The van der Waals surface area contributed by atoms with Gasteiger partial charge in [-0.2, -0.15) is 0 Å². The second kappa shape index (κ2) is 7.84. The van der Waals surface area contributed by atoms with E-state index in [9.17, 15) is 4.79 Å². The Morgan fingerprint density at radius 1 is 1.15 bits per heavy atom. The molecule has 2 heterocycles. The van der Waals surface area contributed by atoms with E-state index in [2.05, 4.69) is 39.5 Å². The number of para-hydroxylation sites is 1. The van der Waals surface area contributed by atoms with Gasteiger partial charge in [-0.25, -0.2) is 0 Å². The molecule has 4 rings (SSSR count). The Labute approximate surface area is 159 Å². The zero-order valence-electron chi connectivity index (χ0n) is 15.6. The number of fused-ring (bicyclic) bond motifs is 1. The number of benzene rings is 2. The summed E-state index contributed by atoms with van der Waals surface area (Å²) >= 11 is 0. The molecular weight excluding hydrogens is 338 g/mol. The van der Waals surface area contributed by atoms with Crippen LogP contribution in [0, 0.1) is 0 Å². The number of aromatic nitrogens is 1. The van der Waals surface area contributed by atoms with Crippen molar-refractivity contribution in [3.63, 3.8) is 0 Å². The average Bonchev–Trinajstić information content (AvgIpc) is 3.11. The molecule has 0 saturated carbocycles. The highest BCUT2D eigenvalue weighted by Crippen LogP contribution is 2.21. The SMILES string of the molecule is CC(NC(=O)Cc1c[nH]c2ccccc12)c1ccc(N2CCOCC2)cc1. The Hall–Kier alpha value is -2.79. The van der Waals surface area contributed by atoms with Crippen molar-refractivity contribution in [1.29, 1.82) is 0 Å². The first kappa shape index (κ1) is 17.6. The number of nitrogens with zero attached hydrogens (tertiary/aromatic N) is 1. The van der Waals surface area contributed by atoms with Gasteiger partial charge in [0.2, 0.25) is 5.91 Å². The monoisotopic (exact) mass is 363 g/mol. The number of aromatic amines is 1. The molecule has 5 nitrogen and oxygen atoms in total. The number of ether oxygens (including phenoxy) is 1. The highest BCUT2D eigenvalue weighted by molar-refractivity contribution is 5.89. The molecule has 3 aromatic rings. The maximum absolute atomic E-state index is 12.5. The summed E-state index contributed by atoms with van der Waals surface area (Å²) in [5.74, 6) is 0.0320. The molecule has 140 valence electrons. The first-order valence-corrected chi connectivity index (χ1v) is 9.48. The smallest absolute Gasteiger partial charge is 0.224 e. The maximum Gasteiger partial charge on any atom is 0.224 e. The largest absolute Gasteiger partial charge is 0.378 e. The maximum atomic E-state index is 12.5. The Kier molecular flexibility index (Phi) is 5.12. The zero-order valence-corrected chi connectivity index (χ0v) is 15.6. The lowest BCUT2D eigenvalue weighted by atomic mass is 10.1. The van der Waals surface area contributed by atoms with Crippen LogP contribution in [0.1, 0.15) is 24.1 Å². The molecule has 2 N–H and O–H groups in total. The van der Waals surface area contributed by atoms with Crippen molar-refractivity contribution in [2.75, 3.05) is 31.2 Å². The van der Waals surface area contributed by atoms with Gasteiger partial charge in [-0.05, 0) is 36.2 Å². The van der Waals surface area contributed by atoms with Crippen LogP contribution in [0.3, 0.4) is 0 Å². The lowest BCUT2D eigenvalue weighted by Crippen LogP contribution is -2.36. The molecule has 1 aromatic heterocycles. The molecule has 0 radical (unpaired) electrons. The number of anilines is 1. The molecular formula is C22H25N3O2. The molecule has 1 atom stereocenters. The van der Waals surface area contributed by atoms with Crippen LogP contribution in [0.15, 0.2) is 54.7 Å². The Morgan fingerprint density at radius 2 is 1.89 bits per heavy atom. The number of morpholine rings is 1. The van der Waals surface area contributed by atoms with Gasteiger partial charge >= 0.3 is 0 Å². The Balaban J connectivity index is 1.38. The summed E-state index contributed by atoms with van der Waals surface area (Å²) in [5.41, 5.74) is 4.41. The van der Waals surface area contributed by atoms with E-state index in [4.69, 9.17) is 4.74 Å². The summed E-state index contributed by atoms with van der Waals surface area (Å²) in [5, 5.41) is 4.22. The molecule has 5 heteroatoms. The van der Waals surface area contributed by atoms with Gasteiger partial charge in [0.25, 0.3) is 0 Å². The summed E-state index contributed by atoms with van der Waals surface area (Å²) in [6, 6.07) is 16.5. The van der Waals surface area contributed by atoms with E-state index >= 15 is 0 Å². The molecule has 0 aliphatic carbocycles. The summed E-state index contributed by atoms with van der Waals surface area (Å²) in [6.07, 6.45) is 2.30. The summed E-state index contributed by atoms with van der Waals surface area (Å²) in [6.45, 7) is 5.44. The predicted molar refractivity (Wildman–Crippen MR) is 108 cm³/mol. The molecule has 1 saturated heterocycles. The zero-order chi connectivity index (χ0) is 18.6. The molecule has 0 bridgehead atoms. The minimum atomic E-state index is -0.0264. The van der Waals surface area contributed by atoms with Gasteiger partial charge in [-0.1, -0.05) is 30.3 Å². The van der Waals surface area contributed by atoms with Gasteiger partial charge in [-0.3, -0.25) is 4.79 Å². The van der Waals surface area contributed by atoms with E-state index in [0.717, 1.165) is 48.3 Å². The van der Waals surface area contributed by atoms with Crippen molar-refractivity contribution < 1.29 is 9.53 Å². The van der Waals surface area contributed by atoms with Crippen LogP contribution >= 0.6 is 0 Å². The molecule has 1 aliphatic heterocycles. The van der Waals surface area contributed by atoms with Crippen LogP contribution in [0.25, 0.3) is 10.9 Å². The normalized spacial score (nSPS) is 15.7. The average molecular weight is 363 g/mol. The van der Waals surface area contributed by atoms with E-state index in [1.54, 1.807) is 0 Å². The van der Waals surface area contributed by atoms with Crippen LogP contribution in [-0.2, 0) is 16.0 Å². The second-order valence-corrected chi connectivity index (χ2v) is 7.02. The molecule has 1 fully saturated rings. The second-order valence-electron chi connectivity index (χ2n) is 7.02. The van der Waals surface area contributed by atoms with Crippen molar-refractivity contribution >= 4 is 22.5 Å². The molecule has 1 aliphatic rings. The van der Waals surface area contributed by atoms with Gasteiger partial charge in [0, 0.05) is 35.9 Å². The predicted octanol–water partition coefficient (Wildman–Crippen LogP) is 3.42. The number of hydrogen-bond acceptors (Lipinski definition) is 3. The van der Waals surface area contributed by atoms with Crippen molar-refractivity contribution in [1.82, 2.24) is 10.3 Å². The number of amides is 1. The number of nitrogens with one attached hydrogen (secondary N) is 2. The van der Waals surface area contributed by atoms with Crippen molar-refractivity contribution in [2.45, 2.75) is 19.4 Å². The topological polar surface area (TPSA) is 57.4 Å². The van der Waals surface area contributed by atoms with Crippen LogP contribution in [-0.4, -0.2) is 37.2 Å². The van der Waals surface area contributed by atoms with E-state index in [1.807, 2.05) is 37.4 Å². The molecule has 0 spiro atoms. The number of rotatable bonds is 5. The molecule has 27 heavy (non-hydrogen) atoms. The fourth-order valence-electron chi connectivity index (χ4n) is 3.62. The van der Waals surface area contributed by atoms with E-state index in [0.29, 0.717) is 6.42 Å². The highest BCUT2D eigenvalue weighted by atomic mass is 16.5. The Bertz CT molecular complexity index is 911. The minimum Gasteiger partial charge on any atom is -0.378 e. The lowest BCUT2D eigenvalue weighted by Gasteiger charge is -2.29. The fourth-order valence-corrected chi connectivity index (χ4v) is 3.62. The first-order chi connectivity index (χ1) is 13.2. The van der Waals surface area contributed by atoms with E-state index in [1.165, 1.54) is 5.69 Å². The quantitative estimate of drug-likeness (QED) is 0.730. The minimum absolute atomic E-state index is 0.0264. The number of carbonyl (C=O) groups is 1. The molecule has 1 amide bonds. The van der Waals surface area contributed by atoms with Crippen molar-refractivity contribution in [3.8, 4) is 0 Å². The van der Waals surface area contributed by atoms with Gasteiger partial charge in [-0.15, -0.1) is 0 Å². The van der Waals surface area contributed by atoms with Gasteiger partial charge in [0.05, 0.1) is 25.7 Å². The van der Waals surface area contributed by atoms with Crippen molar-refractivity contribution in [2.24, 2.45) is 0 Å². The van der Waals surface area contributed by atoms with Crippen LogP contribution in [0.4, 0.5) is 5.69 Å². The lowest BCUT2D eigenvalue weighted by molar-refractivity contribution is -0.121. The van der Waals surface area contributed by atoms with Crippen LogP contribution in [0.2, 0.25) is 0 Å². The molecule has 2 aromatic carbocycles. The van der Waals surface area contributed by atoms with Crippen LogP contribution in [0.5, 0.6) is 0 Å². The third-order valence-corrected chi connectivity index (χ3v) is 5.17. The summed E-state index contributed by atoms with van der Waals surface area (Å²) < 4.78 is 5.41. The van der Waals surface area contributed by atoms with E-state index in [-0.39, 0.29) is 11.9 Å². The number of hydrogen-bond donors (Lipinski definition) is 2. The number of H-pyrrole nitrogens is 1. The highest BCUT2D eigenvalue weighted by Gasteiger charge is 2.14. The third-order valence-electron chi connectivity index (χ3n) is 5.17. The van der Waals surface area contributed by atoms with Crippen LogP contribution < -0.4 is 10.2 Å². The third kappa shape index (κ3) is 3.98. The summed E-state index contributed by atoms with van der Waals surface area (Å²) in [4.78, 5) is 18.1. The van der Waals surface area contributed by atoms with Gasteiger partial charge < -0.3 is 19.9 Å². The first-order valence-electron chi connectivity index (χ1n) is 9.48. The van der Waals surface area contributed by atoms with Gasteiger partial charge in [0.1, 0.15) is 0 Å². The molecule has 1 unspecified atom stereocenters. The number of carbonyl (C=O) groups excluding carboxylic acids is 1. The Morgan fingerprint density at radius 3 is 2.67 bits per heavy atom. The fraction of sp³-hybridized carbons (Fsp3) is 0.318. The van der Waals surface area contributed by atoms with Gasteiger partial charge in [0.15, 0.2) is 0 Å². The van der Waals surface area contributed by atoms with Crippen molar-refractivity contribution in [3.05, 3.63) is 65.9 Å². The summed E-state index contributed by atoms with van der Waals surface area (Å²) in [7, 11) is 0. The standard InChI is InChI=1S/C22H25N3O2/c1-16(17-6-8-19(9-7-17)25-10-12-27-13-11-25)24-22(26)14-18-15-23-21-5-3-2-4-20(18)21/h2-9,15-16,23H,10-14H2,1H3,(H,24,26). The van der Waals surface area contributed by atoms with E-state index < -0.39 is 0 Å².